The second kappa shape index (κ2) is 11.0. The monoisotopic (exact) mass is 472 g/mol. The third-order valence-corrected chi connectivity index (χ3v) is 6.77. The average Bonchev–Trinajstić information content (AvgIpc) is 3.25. The molecule has 1 fully saturated rings. The zero-order valence-corrected chi connectivity index (χ0v) is 21.1. The summed E-state index contributed by atoms with van der Waals surface area (Å²) < 4.78 is 7.55. The van der Waals surface area contributed by atoms with Crippen molar-refractivity contribution in [1.29, 1.82) is 0 Å². The van der Waals surface area contributed by atoms with E-state index in [0.29, 0.717) is 42.4 Å². The molecule has 0 atom stereocenters. The fourth-order valence-electron chi connectivity index (χ4n) is 4.66. The summed E-state index contributed by atoms with van der Waals surface area (Å²) in [5.74, 6) is 1.25. The molecule has 0 saturated carbocycles. The highest BCUT2D eigenvalue weighted by molar-refractivity contribution is 6.08. The SMILES string of the molecule is C=C(C(=C)c1ncnc(-n2cc(CCC(C)C)c3ccccc32)c1CC)C(=O)NC1CCOCC1. The van der Waals surface area contributed by atoms with Crippen LogP contribution in [-0.2, 0) is 22.4 Å². The highest BCUT2D eigenvalue weighted by Gasteiger charge is 2.23. The van der Waals surface area contributed by atoms with Gasteiger partial charge in [0.15, 0.2) is 0 Å². The van der Waals surface area contributed by atoms with Crippen LogP contribution in [0.1, 0.15) is 56.9 Å². The van der Waals surface area contributed by atoms with Gasteiger partial charge in [0.2, 0.25) is 0 Å². The molecule has 0 unspecified atom stereocenters. The summed E-state index contributed by atoms with van der Waals surface area (Å²) >= 11 is 0. The van der Waals surface area contributed by atoms with Crippen molar-refractivity contribution in [1.82, 2.24) is 19.9 Å². The quantitative estimate of drug-likeness (QED) is 0.333. The Morgan fingerprint density at radius 1 is 1.20 bits per heavy atom. The maximum atomic E-state index is 12.9. The van der Waals surface area contributed by atoms with Crippen molar-refractivity contribution in [2.24, 2.45) is 5.92 Å². The first-order valence-corrected chi connectivity index (χ1v) is 12.6. The fraction of sp³-hybridized carbons (Fsp3) is 0.414. The first-order valence-electron chi connectivity index (χ1n) is 12.6. The Morgan fingerprint density at radius 3 is 2.66 bits per heavy atom. The number of carbonyl (C=O) groups is 1. The Kier molecular flexibility index (Phi) is 7.81. The third-order valence-electron chi connectivity index (χ3n) is 6.77. The number of benzene rings is 1. The average molecular weight is 473 g/mol. The fourth-order valence-corrected chi connectivity index (χ4v) is 4.66. The van der Waals surface area contributed by atoms with Crippen LogP contribution in [0.25, 0.3) is 22.3 Å². The molecule has 1 aliphatic rings. The van der Waals surface area contributed by atoms with Gasteiger partial charge in [-0.2, -0.15) is 0 Å². The Bertz CT molecular complexity index is 1230. The minimum Gasteiger partial charge on any atom is -0.381 e. The summed E-state index contributed by atoms with van der Waals surface area (Å²) in [5, 5.41) is 4.32. The molecule has 0 radical (unpaired) electrons. The highest BCUT2D eigenvalue weighted by Crippen LogP contribution is 2.30. The van der Waals surface area contributed by atoms with E-state index in [4.69, 9.17) is 4.74 Å². The van der Waals surface area contributed by atoms with Crippen LogP contribution in [0.15, 0.2) is 55.5 Å². The lowest BCUT2D eigenvalue weighted by Crippen LogP contribution is -2.39. The van der Waals surface area contributed by atoms with Gasteiger partial charge in [0.1, 0.15) is 12.1 Å². The largest absolute Gasteiger partial charge is 0.381 e. The summed E-state index contributed by atoms with van der Waals surface area (Å²) in [6.07, 6.45) is 8.22. The van der Waals surface area contributed by atoms with E-state index in [2.05, 4.69) is 84.2 Å². The summed E-state index contributed by atoms with van der Waals surface area (Å²) in [6, 6.07) is 8.55. The second-order valence-corrected chi connectivity index (χ2v) is 9.67. The number of carbonyl (C=O) groups excluding carboxylic acids is 1. The standard InChI is InChI=1S/C29H36N4O2/c1-6-24-27(20(4)21(5)29(34)32-23-13-15-35-16-14-23)30-18-31-28(24)33-17-22(12-11-19(2)3)25-9-7-8-10-26(25)33/h7-10,17-19,23H,4-6,11-16H2,1-3H3,(H,32,34). The van der Waals surface area contributed by atoms with Gasteiger partial charge in [-0.1, -0.05) is 52.1 Å². The summed E-state index contributed by atoms with van der Waals surface area (Å²) in [4.78, 5) is 22.2. The number of aryl methyl sites for hydroxylation is 1. The Morgan fingerprint density at radius 2 is 1.94 bits per heavy atom. The van der Waals surface area contributed by atoms with E-state index in [0.717, 1.165) is 42.6 Å². The van der Waals surface area contributed by atoms with Gasteiger partial charge in [0.25, 0.3) is 5.91 Å². The first kappa shape index (κ1) is 24.9. The van der Waals surface area contributed by atoms with Gasteiger partial charge in [0, 0.05) is 47.5 Å². The van der Waals surface area contributed by atoms with Gasteiger partial charge < -0.3 is 14.6 Å². The van der Waals surface area contributed by atoms with Gasteiger partial charge in [-0.05, 0) is 49.7 Å². The van der Waals surface area contributed by atoms with E-state index in [1.807, 2.05) is 0 Å². The number of hydrogen-bond acceptors (Lipinski definition) is 4. The van der Waals surface area contributed by atoms with Gasteiger partial charge in [-0.15, -0.1) is 0 Å². The van der Waals surface area contributed by atoms with Gasteiger partial charge in [-0.3, -0.25) is 4.79 Å². The van der Waals surface area contributed by atoms with Crippen LogP contribution in [0.3, 0.4) is 0 Å². The smallest absolute Gasteiger partial charge is 0.251 e. The first-order chi connectivity index (χ1) is 16.9. The molecule has 6 nitrogen and oxygen atoms in total. The van der Waals surface area contributed by atoms with Crippen molar-refractivity contribution in [3.8, 4) is 5.82 Å². The number of nitrogens with zero attached hydrogens (tertiary/aromatic N) is 3. The maximum absolute atomic E-state index is 12.9. The van der Waals surface area contributed by atoms with Crippen LogP contribution in [0.5, 0.6) is 0 Å². The predicted octanol–water partition coefficient (Wildman–Crippen LogP) is 5.44. The number of aromatic nitrogens is 3. The normalized spacial score (nSPS) is 14.4. The number of rotatable bonds is 9. The Labute approximate surface area is 208 Å². The topological polar surface area (TPSA) is 69.0 Å². The van der Waals surface area contributed by atoms with E-state index in [-0.39, 0.29) is 11.9 Å². The molecule has 6 heteroatoms. The molecule has 0 aliphatic carbocycles. The minimum absolute atomic E-state index is 0.0999. The van der Waals surface area contributed by atoms with E-state index in [1.54, 1.807) is 6.33 Å². The van der Waals surface area contributed by atoms with E-state index in [1.165, 1.54) is 10.9 Å². The molecule has 3 heterocycles. The van der Waals surface area contributed by atoms with E-state index < -0.39 is 0 Å². The molecule has 1 aromatic carbocycles. The molecule has 184 valence electrons. The molecule has 2 aromatic heterocycles. The molecule has 4 rings (SSSR count). The van der Waals surface area contributed by atoms with E-state index >= 15 is 0 Å². The minimum atomic E-state index is -0.202. The zero-order chi connectivity index (χ0) is 24.9. The summed E-state index contributed by atoms with van der Waals surface area (Å²) in [6.45, 7) is 16.2. The van der Waals surface area contributed by atoms with Gasteiger partial charge in [-0.25, -0.2) is 9.97 Å². The zero-order valence-electron chi connectivity index (χ0n) is 21.1. The van der Waals surface area contributed by atoms with E-state index in [9.17, 15) is 4.79 Å². The molecular weight excluding hydrogens is 436 g/mol. The Balaban J connectivity index is 1.67. The lowest BCUT2D eigenvalue weighted by atomic mass is 9.99. The van der Waals surface area contributed by atoms with Crippen molar-refractivity contribution in [3.05, 3.63) is 72.3 Å². The lowest BCUT2D eigenvalue weighted by Gasteiger charge is -2.24. The number of para-hydroxylation sites is 1. The molecule has 1 N–H and O–H groups in total. The molecular formula is C29H36N4O2. The molecule has 1 amide bonds. The van der Waals surface area contributed by atoms with Gasteiger partial charge >= 0.3 is 0 Å². The van der Waals surface area contributed by atoms with Crippen molar-refractivity contribution < 1.29 is 9.53 Å². The lowest BCUT2D eigenvalue weighted by molar-refractivity contribution is -0.118. The summed E-state index contributed by atoms with van der Waals surface area (Å²) in [7, 11) is 0. The van der Waals surface area contributed by atoms with Crippen molar-refractivity contribution >= 4 is 22.4 Å². The molecule has 0 bridgehead atoms. The predicted molar refractivity (Wildman–Crippen MR) is 142 cm³/mol. The molecule has 1 saturated heterocycles. The van der Waals surface area contributed by atoms with Crippen LogP contribution in [0.4, 0.5) is 0 Å². The third kappa shape index (κ3) is 5.38. The van der Waals surface area contributed by atoms with Crippen LogP contribution < -0.4 is 5.32 Å². The number of nitrogens with one attached hydrogen (secondary N) is 1. The molecule has 0 spiro atoms. The van der Waals surface area contributed by atoms with Crippen LogP contribution in [0.2, 0.25) is 0 Å². The van der Waals surface area contributed by atoms with Crippen molar-refractivity contribution in [2.75, 3.05) is 13.2 Å². The Hall–Kier alpha value is -3.25. The van der Waals surface area contributed by atoms with Crippen LogP contribution >= 0.6 is 0 Å². The van der Waals surface area contributed by atoms with Crippen molar-refractivity contribution in [3.63, 3.8) is 0 Å². The number of fused-ring (bicyclic) bond motifs is 1. The van der Waals surface area contributed by atoms with Gasteiger partial charge in [0.05, 0.1) is 11.2 Å². The maximum Gasteiger partial charge on any atom is 0.251 e. The number of amides is 1. The number of ether oxygens (including phenoxy) is 1. The highest BCUT2D eigenvalue weighted by atomic mass is 16.5. The van der Waals surface area contributed by atoms with Crippen molar-refractivity contribution in [2.45, 2.75) is 58.9 Å². The molecule has 3 aromatic rings. The molecule has 1 aliphatic heterocycles. The molecule has 35 heavy (non-hydrogen) atoms. The summed E-state index contributed by atoms with van der Waals surface area (Å²) in [5.41, 5.74) is 4.93. The van der Waals surface area contributed by atoms with Crippen LogP contribution in [0, 0.1) is 5.92 Å². The van der Waals surface area contributed by atoms with Crippen LogP contribution in [-0.4, -0.2) is 39.7 Å². The second-order valence-electron chi connectivity index (χ2n) is 9.67. The number of hydrogen-bond donors (Lipinski definition) is 1.